The molecular formula is C12H12NO5. The van der Waals surface area contributed by atoms with E-state index in [4.69, 9.17) is 9.84 Å². The first kappa shape index (κ1) is 13.7. The number of hydrogen-bond acceptors (Lipinski definition) is 4. The van der Waals surface area contributed by atoms with Crippen LogP contribution in [0.15, 0.2) is 30.3 Å². The predicted molar refractivity (Wildman–Crippen MR) is 61.5 cm³/mol. The van der Waals surface area contributed by atoms with Crippen LogP contribution in [0.3, 0.4) is 0 Å². The average Bonchev–Trinajstić information content (AvgIpc) is 2.36. The molecule has 0 aromatic heterocycles. The maximum absolute atomic E-state index is 11.3. The first-order valence-electron chi connectivity index (χ1n) is 5.18. The highest BCUT2D eigenvalue weighted by Gasteiger charge is 2.16. The van der Waals surface area contributed by atoms with Gasteiger partial charge in [0.05, 0.1) is 6.42 Å². The lowest BCUT2D eigenvalue weighted by Gasteiger charge is -2.10. The molecule has 1 atom stereocenters. The smallest absolute Gasteiger partial charge is 0.408 e. The Morgan fingerprint density at radius 3 is 2.56 bits per heavy atom. The van der Waals surface area contributed by atoms with Crippen molar-refractivity contribution in [3.05, 3.63) is 35.9 Å². The fourth-order valence-corrected chi connectivity index (χ4v) is 1.20. The lowest BCUT2D eigenvalue weighted by Crippen LogP contribution is -2.37. The van der Waals surface area contributed by atoms with E-state index in [1.54, 1.807) is 24.3 Å². The van der Waals surface area contributed by atoms with Crippen molar-refractivity contribution < 1.29 is 24.2 Å². The molecule has 0 spiro atoms. The van der Waals surface area contributed by atoms with Gasteiger partial charge in [-0.05, 0) is 5.56 Å². The van der Waals surface area contributed by atoms with Crippen LogP contribution in [0.2, 0.25) is 0 Å². The van der Waals surface area contributed by atoms with E-state index < -0.39 is 24.5 Å². The van der Waals surface area contributed by atoms with Crippen LogP contribution in [0, 0.1) is 0 Å². The molecule has 1 radical (unpaired) electrons. The first-order valence-corrected chi connectivity index (χ1v) is 5.18. The summed E-state index contributed by atoms with van der Waals surface area (Å²) in [6.07, 6.45) is 0.0425. The number of alkyl carbamates (subject to hydrolysis) is 1. The lowest BCUT2D eigenvalue weighted by atomic mass is 10.2. The van der Waals surface area contributed by atoms with E-state index in [0.717, 1.165) is 5.56 Å². The molecule has 6 nitrogen and oxygen atoms in total. The SMILES string of the molecule is O=[C]C(CC(=O)O)NC(=O)OCc1ccccc1. The highest BCUT2D eigenvalue weighted by molar-refractivity contribution is 5.78. The van der Waals surface area contributed by atoms with E-state index in [-0.39, 0.29) is 6.61 Å². The van der Waals surface area contributed by atoms with Crippen LogP contribution in [0.5, 0.6) is 0 Å². The molecule has 1 aromatic rings. The fourth-order valence-electron chi connectivity index (χ4n) is 1.20. The first-order chi connectivity index (χ1) is 8.61. The van der Waals surface area contributed by atoms with Gasteiger partial charge in [-0.3, -0.25) is 9.59 Å². The molecule has 2 N–H and O–H groups in total. The van der Waals surface area contributed by atoms with E-state index in [1.165, 1.54) is 6.29 Å². The fraction of sp³-hybridized carbons (Fsp3) is 0.250. The van der Waals surface area contributed by atoms with Crippen molar-refractivity contribution in [1.29, 1.82) is 0 Å². The van der Waals surface area contributed by atoms with Gasteiger partial charge >= 0.3 is 12.1 Å². The van der Waals surface area contributed by atoms with Crippen LogP contribution in [0.4, 0.5) is 4.79 Å². The Morgan fingerprint density at radius 2 is 2.00 bits per heavy atom. The Balaban J connectivity index is 2.37. The molecule has 6 heteroatoms. The van der Waals surface area contributed by atoms with Crippen LogP contribution in [-0.4, -0.2) is 29.5 Å². The Bertz CT molecular complexity index is 418. The highest BCUT2D eigenvalue weighted by Crippen LogP contribution is 2.00. The minimum absolute atomic E-state index is 0.0469. The number of carbonyl (C=O) groups excluding carboxylic acids is 2. The van der Waals surface area contributed by atoms with Gasteiger partial charge in [0, 0.05) is 0 Å². The zero-order valence-electron chi connectivity index (χ0n) is 9.46. The molecular weight excluding hydrogens is 238 g/mol. The second kappa shape index (κ2) is 7.05. The molecule has 0 saturated heterocycles. The number of carboxylic acid groups (broad SMARTS) is 1. The molecule has 0 saturated carbocycles. The van der Waals surface area contributed by atoms with Crippen LogP contribution < -0.4 is 5.32 Å². The van der Waals surface area contributed by atoms with Crippen molar-refractivity contribution in [3.8, 4) is 0 Å². The average molecular weight is 250 g/mol. The second-order valence-electron chi connectivity index (χ2n) is 3.47. The minimum Gasteiger partial charge on any atom is -0.481 e. The predicted octanol–water partition coefficient (Wildman–Crippen LogP) is 0.866. The molecule has 1 rings (SSSR count). The number of benzene rings is 1. The van der Waals surface area contributed by atoms with Crippen molar-refractivity contribution in [2.45, 2.75) is 19.1 Å². The molecule has 0 fully saturated rings. The summed E-state index contributed by atoms with van der Waals surface area (Å²) < 4.78 is 4.82. The third kappa shape index (κ3) is 5.11. The summed E-state index contributed by atoms with van der Waals surface area (Å²) in [5.41, 5.74) is 0.789. The van der Waals surface area contributed by atoms with Gasteiger partial charge in [-0.25, -0.2) is 4.79 Å². The van der Waals surface area contributed by atoms with E-state index in [2.05, 4.69) is 5.32 Å². The summed E-state index contributed by atoms with van der Waals surface area (Å²) in [5, 5.41) is 10.6. The van der Waals surface area contributed by atoms with Gasteiger partial charge in [0.25, 0.3) is 0 Å². The Hall–Kier alpha value is -2.37. The number of carbonyl (C=O) groups is 2. The summed E-state index contributed by atoms with van der Waals surface area (Å²) in [7, 11) is 0. The lowest BCUT2D eigenvalue weighted by molar-refractivity contribution is -0.137. The molecule has 0 aliphatic rings. The standard InChI is InChI=1S/C12H12NO5/c14-7-10(6-11(15)16)13-12(17)18-8-9-4-2-1-3-5-9/h1-5,10H,6,8H2,(H,13,17)(H,15,16). The van der Waals surface area contributed by atoms with Crippen molar-refractivity contribution in [2.24, 2.45) is 0 Å². The summed E-state index contributed by atoms with van der Waals surface area (Å²) in [4.78, 5) is 32.0. The van der Waals surface area contributed by atoms with E-state index in [0.29, 0.717) is 0 Å². The van der Waals surface area contributed by atoms with Gasteiger partial charge in [0.15, 0.2) is 0 Å². The molecule has 0 heterocycles. The maximum Gasteiger partial charge on any atom is 0.408 e. The van der Waals surface area contributed by atoms with Gasteiger partial charge in [-0.1, -0.05) is 30.3 Å². The molecule has 18 heavy (non-hydrogen) atoms. The number of hydrogen-bond donors (Lipinski definition) is 2. The number of ether oxygens (including phenoxy) is 1. The van der Waals surface area contributed by atoms with Crippen molar-refractivity contribution in [3.63, 3.8) is 0 Å². The van der Waals surface area contributed by atoms with Gasteiger partial charge < -0.3 is 15.2 Å². The van der Waals surface area contributed by atoms with Gasteiger partial charge in [-0.15, -0.1) is 0 Å². The Kier molecular flexibility index (Phi) is 5.37. The summed E-state index contributed by atoms with van der Waals surface area (Å²) >= 11 is 0. The second-order valence-corrected chi connectivity index (χ2v) is 3.47. The largest absolute Gasteiger partial charge is 0.481 e. The van der Waals surface area contributed by atoms with Crippen molar-refractivity contribution >= 4 is 18.3 Å². The van der Waals surface area contributed by atoms with Gasteiger partial charge in [0.2, 0.25) is 6.29 Å². The third-order valence-corrected chi connectivity index (χ3v) is 2.03. The molecule has 1 unspecified atom stereocenters. The van der Waals surface area contributed by atoms with E-state index in [9.17, 15) is 14.4 Å². The van der Waals surface area contributed by atoms with Gasteiger partial charge in [0.1, 0.15) is 12.6 Å². The maximum atomic E-state index is 11.3. The van der Waals surface area contributed by atoms with Crippen LogP contribution >= 0.6 is 0 Å². The summed E-state index contributed by atoms with van der Waals surface area (Å²) in [5.74, 6) is -1.20. The molecule has 95 valence electrons. The number of rotatable bonds is 6. The molecule has 0 aliphatic heterocycles. The molecule has 0 bridgehead atoms. The quantitative estimate of drug-likeness (QED) is 0.781. The topological polar surface area (TPSA) is 92.7 Å². The zero-order chi connectivity index (χ0) is 13.4. The minimum atomic E-state index is -1.20. The van der Waals surface area contributed by atoms with Crippen LogP contribution in [-0.2, 0) is 20.9 Å². The monoisotopic (exact) mass is 250 g/mol. The van der Waals surface area contributed by atoms with E-state index in [1.807, 2.05) is 6.07 Å². The normalized spacial score (nSPS) is 11.3. The summed E-state index contributed by atoms with van der Waals surface area (Å²) in [6, 6.07) is 7.76. The van der Waals surface area contributed by atoms with Crippen LogP contribution in [0.25, 0.3) is 0 Å². The Morgan fingerprint density at radius 1 is 1.33 bits per heavy atom. The number of carboxylic acids is 1. The Labute approximate surface area is 104 Å². The van der Waals surface area contributed by atoms with E-state index >= 15 is 0 Å². The molecule has 1 amide bonds. The third-order valence-electron chi connectivity index (χ3n) is 2.03. The molecule has 1 aromatic carbocycles. The van der Waals surface area contributed by atoms with Gasteiger partial charge in [-0.2, -0.15) is 0 Å². The van der Waals surface area contributed by atoms with Crippen LogP contribution in [0.1, 0.15) is 12.0 Å². The summed E-state index contributed by atoms with van der Waals surface area (Å²) in [6.45, 7) is 0.0469. The van der Waals surface area contributed by atoms with Crippen molar-refractivity contribution in [2.75, 3.05) is 0 Å². The van der Waals surface area contributed by atoms with Crippen molar-refractivity contribution in [1.82, 2.24) is 5.32 Å². The number of nitrogens with one attached hydrogen (secondary N) is 1. The highest BCUT2D eigenvalue weighted by atomic mass is 16.5. The number of aliphatic carboxylic acids is 1. The zero-order valence-corrected chi connectivity index (χ0v) is 9.46. The number of amides is 1. The molecule has 0 aliphatic carbocycles.